The number of hydrogen-bond acceptors (Lipinski definition) is 3. The van der Waals surface area contributed by atoms with Crippen molar-refractivity contribution in [2.45, 2.75) is 51.5 Å². The second-order valence-corrected chi connectivity index (χ2v) is 7.98. The first-order valence-electron chi connectivity index (χ1n) is 9.91. The van der Waals surface area contributed by atoms with Gasteiger partial charge in [0.05, 0.1) is 17.1 Å². The lowest BCUT2D eigenvalue weighted by molar-refractivity contribution is 0.0986. The summed E-state index contributed by atoms with van der Waals surface area (Å²) in [6.07, 6.45) is 6.16. The molecule has 0 saturated heterocycles. The molecule has 27 heavy (non-hydrogen) atoms. The molecule has 1 aliphatic heterocycles. The molecule has 0 spiro atoms. The lowest BCUT2D eigenvalue weighted by atomic mass is 10.00. The number of rotatable bonds is 3. The Morgan fingerprint density at radius 1 is 1.22 bits per heavy atom. The summed E-state index contributed by atoms with van der Waals surface area (Å²) in [5.74, 6) is 0.560. The molecule has 2 aromatic heterocycles. The van der Waals surface area contributed by atoms with Gasteiger partial charge in [0, 0.05) is 29.9 Å². The number of anilines is 1. The quantitative estimate of drug-likeness (QED) is 0.692. The number of carbonyl (C=O) groups is 1. The van der Waals surface area contributed by atoms with Crippen LogP contribution in [0.3, 0.4) is 0 Å². The van der Waals surface area contributed by atoms with E-state index in [2.05, 4.69) is 37.1 Å². The maximum Gasteiger partial charge on any atom is 0.259 e. The molecule has 3 heterocycles. The number of benzene rings is 1. The lowest BCUT2D eigenvalue weighted by Gasteiger charge is -2.29. The van der Waals surface area contributed by atoms with Crippen molar-refractivity contribution in [3.8, 4) is 0 Å². The number of aromatic nitrogens is 3. The Kier molecular flexibility index (Phi) is 3.78. The van der Waals surface area contributed by atoms with E-state index in [9.17, 15) is 4.79 Å². The van der Waals surface area contributed by atoms with Crippen LogP contribution in [0.5, 0.6) is 0 Å². The van der Waals surface area contributed by atoms with Crippen LogP contribution >= 0.6 is 0 Å². The van der Waals surface area contributed by atoms with Crippen molar-refractivity contribution in [1.82, 2.24) is 14.8 Å². The van der Waals surface area contributed by atoms with Crippen molar-refractivity contribution >= 4 is 22.6 Å². The SMILES string of the molecule is CC(C)n1ncc2c(C(=O)N3CCCc4ccccc43)cc(C3CC3)nc21. The molecule has 1 aliphatic carbocycles. The molecule has 0 N–H and O–H groups in total. The first kappa shape index (κ1) is 16.5. The van der Waals surface area contributed by atoms with E-state index in [1.54, 1.807) is 0 Å². The zero-order valence-electron chi connectivity index (χ0n) is 15.9. The maximum absolute atomic E-state index is 13.6. The van der Waals surface area contributed by atoms with Gasteiger partial charge in [0.25, 0.3) is 5.91 Å². The standard InChI is InChI=1S/C22H24N4O/c1-14(2)26-21-18(13-23-26)17(12-19(24-21)15-9-10-15)22(27)25-11-5-7-16-6-3-4-8-20(16)25/h3-4,6,8,12-15H,5,7,9-11H2,1-2H3. The van der Waals surface area contributed by atoms with Crippen LogP contribution in [0.15, 0.2) is 36.5 Å². The predicted molar refractivity (Wildman–Crippen MR) is 106 cm³/mol. The molecule has 3 aromatic rings. The van der Waals surface area contributed by atoms with Crippen molar-refractivity contribution in [1.29, 1.82) is 0 Å². The maximum atomic E-state index is 13.6. The summed E-state index contributed by atoms with van der Waals surface area (Å²) in [7, 11) is 0. The van der Waals surface area contributed by atoms with Gasteiger partial charge in [-0.2, -0.15) is 5.10 Å². The van der Waals surface area contributed by atoms with Gasteiger partial charge in [0.1, 0.15) is 0 Å². The lowest BCUT2D eigenvalue weighted by Crippen LogP contribution is -2.35. The smallest absolute Gasteiger partial charge is 0.259 e. The first-order chi connectivity index (χ1) is 13.1. The Bertz CT molecular complexity index is 1030. The van der Waals surface area contributed by atoms with E-state index in [0.717, 1.165) is 60.2 Å². The molecule has 1 aromatic carbocycles. The molecule has 0 radical (unpaired) electrons. The molecule has 1 amide bonds. The van der Waals surface area contributed by atoms with Crippen molar-refractivity contribution in [3.05, 3.63) is 53.3 Å². The van der Waals surface area contributed by atoms with Crippen LogP contribution in [-0.4, -0.2) is 27.2 Å². The Labute approximate surface area is 159 Å². The average Bonchev–Trinajstić information content (AvgIpc) is 3.45. The van der Waals surface area contributed by atoms with E-state index in [-0.39, 0.29) is 11.9 Å². The van der Waals surface area contributed by atoms with Gasteiger partial charge in [-0.15, -0.1) is 0 Å². The Morgan fingerprint density at radius 2 is 2.04 bits per heavy atom. The van der Waals surface area contributed by atoms with Crippen LogP contribution in [0.1, 0.15) is 66.7 Å². The largest absolute Gasteiger partial charge is 0.308 e. The third kappa shape index (κ3) is 2.73. The highest BCUT2D eigenvalue weighted by Crippen LogP contribution is 2.41. The van der Waals surface area contributed by atoms with Gasteiger partial charge in [-0.25, -0.2) is 9.67 Å². The second kappa shape index (κ2) is 6.19. The summed E-state index contributed by atoms with van der Waals surface area (Å²) in [4.78, 5) is 20.4. The predicted octanol–water partition coefficient (Wildman–Crippen LogP) is 4.48. The van der Waals surface area contributed by atoms with Crippen LogP contribution in [-0.2, 0) is 6.42 Å². The van der Waals surface area contributed by atoms with Gasteiger partial charge in [0.2, 0.25) is 0 Å². The fourth-order valence-electron chi connectivity index (χ4n) is 4.07. The molecule has 0 bridgehead atoms. The van der Waals surface area contributed by atoms with Gasteiger partial charge >= 0.3 is 0 Å². The minimum atomic E-state index is 0.0692. The van der Waals surface area contributed by atoms with Crippen molar-refractivity contribution in [3.63, 3.8) is 0 Å². The Morgan fingerprint density at radius 3 is 2.81 bits per heavy atom. The number of nitrogens with zero attached hydrogens (tertiary/aromatic N) is 4. The zero-order valence-corrected chi connectivity index (χ0v) is 15.9. The average molecular weight is 360 g/mol. The Hall–Kier alpha value is -2.69. The Balaban J connectivity index is 1.65. The number of hydrogen-bond donors (Lipinski definition) is 0. The first-order valence-corrected chi connectivity index (χ1v) is 9.91. The minimum Gasteiger partial charge on any atom is -0.308 e. The van der Waals surface area contributed by atoms with E-state index in [0.29, 0.717) is 5.92 Å². The number of fused-ring (bicyclic) bond motifs is 2. The molecule has 5 nitrogen and oxygen atoms in total. The number of para-hydroxylation sites is 1. The summed E-state index contributed by atoms with van der Waals surface area (Å²) in [6.45, 7) is 4.96. The number of pyridine rings is 1. The molecule has 1 fully saturated rings. The minimum absolute atomic E-state index is 0.0692. The van der Waals surface area contributed by atoms with Crippen LogP contribution in [0.25, 0.3) is 11.0 Å². The number of amides is 1. The van der Waals surface area contributed by atoms with Crippen LogP contribution in [0, 0.1) is 0 Å². The summed E-state index contributed by atoms with van der Waals surface area (Å²) in [5, 5.41) is 5.39. The van der Waals surface area contributed by atoms with E-state index in [1.165, 1.54) is 5.56 Å². The van der Waals surface area contributed by atoms with Crippen molar-refractivity contribution in [2.24, 2.45) is 0 Å². The number of carbonyl (C=O) groups excluding carboxylic acids is 1. The van der Waals surface area contributed by atoms with E-state index in [1.807, 2.05) is 27.9 Å². The normalized spacial score (nSPS) is 16.8. The van der Waals surface area contributed by atoms with E-state index < -0.39 is 0 Å². The molecule has 5 heteroatoms. The summed E-state index contributed by atoms with van der Waals surface area (Å²) < 4.78 is 1.93. The van der Waals surface area contributed by atoms with Crippen LogP contribution in [0.4, 0.5) is 5.69 Å². The highest BCUT2D eigenvalue weighted by Gasteiger charge is 2.30. The zero-order chi connectivity index (χ0) is 18.5. The molecule has 0 unspecified atom stereocenters. The molecule has 138 valence electrons. The van der Waals surface area contributed by atoms with E-state index in [4.69, 9.17) is 4.98 Å². The molecule has 0 atom stereocenters. The van der Waals surface area contributed by atoms with Gasteiger partial charge < -0.3 is 4.90 Å². The summed E-state index contributed by atoms with van der Waals surface area (Å²) >= 11 is 0. The molecular weight excluding hydrogens is 336 g/mol. The fraction of sp³-hybridized carbons (Fsp3) is 0.409. The highest BCUT2D eigenvalue weighted by atomic mass is 16.2. The molecular formula is C22H24N4O. The van der Waals surface area contributed by atoms with Gasteiger partial charge in [-0.1, -0.05) is 18.2 Å². The fourth-order valence-corrected chi connectivity index (χ4v) is 4.07. The second-order valence-electron chi connectivity index (χ2n) is 7.98. The summed E-state index contributed by atoms with van der Waals surface area (Å²) in [6, 6.07) is 10.5. The monoisotopic (exact) mass is 360 g/mol. The van der Waals surface area contributed by atoms with Crippen LogP contribution < -0.4 is 4.90 Å². The third-order valence-electron chi connectivity index (χ3n) is 5.66. The van der Waals surface area contributed by atoms with Gasteiger partial charge in [0.15, 0.2) is 5.65 Å². The van der Waals surface area contributed by atoms with Crippen LogP contribution in [0.2, 0.25) is 0 Å². The molecule has 5 rings (SSSR count). The van der Waals surface area contributed by atoms with Gasteiger partial charge in [-0.05, 0) is 57.2 Å². The molecule has 2 aliphatic rings. The topological polar surface area (TPSA) is 51.0 Å². The third-order valence-corrected chi connectivity index (χ3v) is 5.66. The highest BCUT2D eigenvalue weighted by molar-refractivity contribution is 6.13. The molecule has 1 saturated carbocycles. The van der Waals surface area contributed by atoms with Crippen molar-refractivity contribution < 1.29 is 4.79 Å². The van der Waals surface area contributed by atoms with Crippen molar-refractivity contribution in [2.75, 3.05) is 11.4 Å². The summed E-state index contributed by atoms with van der Waals surface area (Å²) in [5.41, 5.74) is 4.91. The van der Waals surface area contributed by atoms with Gasteiger partial charge in [-0.3, -0.25) is 4.79 Å². The number of aryl methyl sites for hydroxylation is 1. The van der Waals surface area contributed by atoms with E-state index >= 15 is 0 Å².